The largest absolute Gasteiger partial charge is 0.505 e. The summed E-state index contributed by atoms with van der Waals surface area (Å²) >= 11 is 0. The molecule has 4 aromatic rings. The molecule has 41 heavy (non-hydrogen) atoms. The Bertz CT molecular complexity index is 1570. The van der Waals surface area contributed by atoms with E-state index in [4.69, 9.17) is 4.74 Å². The number of aryl methyl sites for hydroxylation is 2. The molecule has 0 saturated carbocycles. The highest BCUT2D eigenvalue weighted by Gasteiger charge is 2.46. The molecule has 212 valence electrons. The van der Waals surface area contributed by atoms with Gasteiger partial charge < -0.3 is 19.1 Å². The number of Topliss-reactive ketones (excluding diaryl/α,β-unsaturated/α-hetero) is 1. The van der Waals surface area contributed by atoms with Crippen LogP contribution in [-0.4, -0.2) is 44.2 Å². The maximum absolute atomic E-state index is 13.5. The lowest BCUT2D eigenvalue weighted by molar-refractivity contribution is -0.139. The lowest BCUT2D eigenvalue weighted by Crippen LogP contribution is -2.31. The maximum Gasteiger partial charge on any atom is 0.295 e. The molecule has 1 aliphatic heterocycles. The zero-order valence-electron chi connectivity index (χ0n) is 24.0. The topological polar surface area (TPSA) is 84.1 Å². The Morgan fingerprint density at radius 2 is 1.71 bits per heavy atom. The minimum Gasteiger partial charge on any atom is -0.505 e. The van der Waals surface area contributed by atoms with Gasteiger partial charge in [0.15, 0.2) is 5.76 Å². The molecule has 2 aromatic carbocycles. The third-order valence-corrected chi connectivity index (χ3v) is 7.79. The summed E-state index contributed by atoms with van der Waals surface area (Å²) in [7, 11) is 0. The van der Waals surface area contributed by atoms with Crippen LogP contribution in [0.3, 0.4) is 0 Å². The number of imidazole rings is 1. The number of aliphatic hydroxyl groups is 1. The number of amides is 1. The van der Waals surface area contributed by atoms with Gasteiger partial charge in [-0.2, -0.15) is 0 Å². The van der Waals surface area contributed by atoms with Gasteiger partial charge in [0.05, 0.1) is 23.9 Å². The van der Waals surface area contributed by atoms with Crippen LogP contribution in [0.1, 0.15) is 66.7 Å². The van der Waals surface area contributed by atoms with Crippen LogP contribution in [0.5, 0.6) is 5.75 Å². The third kappa shape index (κ3) is 5.75. The van der Waals surface area contributed by atoms with Crippen molar-refractivity contribution in [2.24, 2.45) is 0 Å². The van der Waals surface area contributed by atoms with E-state index in [0.717, 1.165) is 35.3 Å². The Hall–Kier alpha value is -4.39. The van der Waals surface area contributed by atoms with Gasteiger partial charge in [0.2, 0.25) is 0 Å². The molecule has 0 spiro atoms. The van der Waals surface area contributed by atoms with Crippen LogP contribution in [0.25, 0.3) is 11.4 Å². The number of aliphatic hydroxyl groups excluding tert-OH is 1. The van der Waals surface area contributed by atoms with Gasteiger partial charge in [-0.25, -0.2) is 4.98 Å². The summed E-state index contributed by atoms with van der Waals surface area (Å²) in [5, 5.41) is 11.6. The molecular formula is C34H37N3O4. The number of carbonyl (C=O) groups excluding carboxylic acids is 2. The molecule has 1 N–H and O–H groups in total. The van der Waals surface area contributed by atoms with Gasteiger partial charge in [-0.05, 0) is 61.6 Å². The van der Waals surface area contributed by atoms with Gasteiger partial charge in [-0.1, -0.05) is 74.7 Å². The molecule has 7 heteroatoms. The van der Waals surface area contributed by atoms with Crippen molar-refractivity contribution in [3.63, 3.8) is 0 Å². The molecule has 1 unspecified atom stereocenters. The summed E-state index contributed by atoms with van der Waals surface area (Å²) in [6.45, 7) is 6.94. The first kappa shape index (κ1) is 28.1. The average Bonchev–Trinajstić information content (AvgIpc) is 3.46. The lowest BCUT2D eigenvalue weighted by atomic mass is 9.96. The molecule has 0 bridgehead atoms. The molecule has 5 rings (SSSR count). The van der Waals surface area contributed by atoms with E-state index in [1.54, 1.807) is 4.90 Å². The maximum atomic E-state index is 13.5. The second-order valence-electron chi connectivity index (χ2n) is 10.6. The number of nitrogens with zero attached hydrogens (tertiary/aromatic N) is 3. The van der Waals surface area contributed by atoms with E-state index < -0.39 is 17.7 Å². The standard InChI is InChI=1S/C34H37N3O4/c1-4-5-6-10-22-41-27-17-15-26(16-18-27)30-28(31(38)29-24(3)36-20-11-12-23(2)33(36)35-29)32(39)34(40)37(30)21-19-25-13-8-7-9-14-25/h7-9,11-18,20,30,38H,4-6,10,19,21-22H2,1-3H3. The Morgan fingerprint density at radius 1 is 0.951 bits per heavy atom. The van der Waals surface area contributed by atoms with Crippen molar-refractivity contribution < 1.29 is 19.4 Å². The fourth-order valence-electron chi connectivity index (χ4n) is 5.49. The van der Waals surface area contributed by atoms with Crippen molar-refractivity contribution in [1.82, 2.24) is 14.3 Å². The van der Waals surface area contributed by atoms with Crippen LogP contribution >= 0.6 is 0 Å². The summed E-state index contributed by atoms with van der Waals surface area (Å²) in [5.41, 5.74) is 4.49. The molecular weight excluding hydrogens is 514 g/mol. The molecule has 1 aliphatic rings. The molecule has 0 aliphatic carbocycles. The number of unbranched alkanes of at least 4 members (excludes halogenated alkanes) is 3. The smallest absolute Gasteiger partial charge is 0.295 e. The number of aromatic nitrogens is 2. The van der Waals surface area contributed by atoms with Gasteiger partial charge in [0.1, 0.15) is 17.1 Å². The summed E-state index contributed by atoms with van der Waals surface area (Å²) in [5.74, 6) is -0.850. The number of likely N-dealkylation sites (tertiary alicyclic amines) is 1. The number of rotatable bonds is 11. The predicted molar refractivity (Wildman–Crippen MR) is 160 cm³/mol. The minimum absolute atomic E-state index is 0.0560. The van der Waals surface area contributed by atoms with E-state index in [9.17, 15) is 14.7 Å². The van der Waals surface area contributed by atoms with Crippen molar-refractivity contribution in [1.29, 1.82) is 0 Å². The van der Waals surface area contributed by atoms with Crippen molar-refractivity contribution >= 4 is 23.1 Å². The molecule has 2 aromatic heterocycles. The monoisotopic (exact) mass is 551 g/mol. The van der Waals surface area contributed by atoms with Crippen LogP contribution in [0.4, 0.5) is 0 Å². The molecule has 1 atom stereocenters. The highest BCUT2D eigenvalue weighted by Crippen LogP contribution is 2.40. The lowest BCUT2D eigenvalue weighted by Gasteiger charge is -2.25. The van der Waals surface area contributed by atoms with Crippen molar-refractivity contribution in [2.75, 3.05) is 13.2 Å². The third-order valence-electron chi connectivity index (χ3n) is 7.79. The highest BCUT2D eigenvalue weighted by molar-refractivity contribution is 6.46. The number of ketones is 1. The molecule has 0 radical (unpaired) electrons. The fourth-order valence-corrected chi connectivity index (χ4v) is 5.49. The van der Waals surface area contributed by atoms with E-state index in [2.05, 4.69) is 11.9 Å². The van der Waals surface area contributed by atoms with E-state index in [0.29, 0.717) is 36.6 Å². The Kier molecular flexibility index (Phi) is 8.53. The van der Waals surface area contributed by atoms with Gasteiger partial charge in [-0.15, -0.1) is 0 Å². The number of benzene rings is 2. The summed E-state index contributed by atoms with van der Waals surface area (Å²) < 4.78 is 7.81. The zero-order valence-corrected chi connectivity index (χ0v) is 24.0. The number of hydrogen-bond acceptors (Lipinski definition) is 5. The normalized spacial score (nSPS) is 16.6. The first-order chi connectivity index (χ1) is 19.9. The molecule has 1 saturated heterocycles. The quantitative estimate of drug-likeness (QED) is 0.0986. The second-order valence-corrected chi connectivity index (χ2v) is 10.6. The fraction of sp³-hybridized carbons (Fsp3) is 0.324. The highest BCUT2D eigenvalue weighted by atomic mass is 16.5. The molecule has 3 heterocycles. The number of pyridine rings is 1. The predicted octanol–water partition coefficient (Wildman–Crippen LogP) is 6.57. The van der Waals surface area contributed by atoms with Gasteiger partial charge in [0, 0.05) is 12.7 Å². The SMILES string of the molecule is CCCCCCOc1ccc(C2C(=C(O)c3nc4c(C)cccn4c3C)C(=O)C(=O)N2CCc2ccccc2)cc1. The number of fused-ring (bicyclic) bond motifs is 1. The van der Waals surface area contributed by atoms with Crippen LogP contribution < -0.4 is 4.74 Å². The zero-order chi connectivity index (χ0) is 28.9. The van der Waals surface area contributed by atoms with Crippen LogP contribution in [0.15, 0.2) is 78.5 Å². The Labute approximate surface area is 241 Å². The number of hydrogen-bond donors (Lipinski definition) is 1. The van der Waals surface area contributed by atoms with Gasteiger partial charge in [0.25, 0.3) is 11.7 Å². The van der Waals surface area contributed by atoms with Crippen LogP contribution in [-0.2, 0) is 16.0 Å². The first-order valence-corrected chi connectivity index (χ1v) is 14.4. The van der Waals surface area contributed by atoms with Crippen LogP contribution in [0, 0.1) is 13.8 Å². The van der Waals surface area contributed by atoms with Gasteiger partial charge in [-0.3, -0.25) is 9.59 Å². The molecule has 1 fully saturated rings. The summed E-state index contributed by atoms with van der Waals surface area (Å²) in [6.07, 6.45) is 6.94. The summed E-state index contributed by atoms with van der Waals surface area (Å²) in [4.78, 5) is 33.2. The van der Waals surface area contributed by atoms with E-state index >= 15 is 0 Å². The second kappa shape index (κ2) is 12.4. The van der Waals surface area contributed by atoms with Crippen molar-refractivity contribution in [3.8, 4) is 5.75 Å². The van der Waals surface area contributed by atoms with Gasteiger partial charge >= 0.3 is 0 Å². The summed E-state index contributed by atoms with van der Waals surface area (Å²) in [6, 6.07) is 20.5. The molecule has 7 nitrogen and oxygen atoms in total. The number of ether oxygens (including phenoxy) is 1. The van der Waals surface area contributed by atoms with E-state index in [1.165, 1.54) is 12.8 Å². The Balaban J connectivity index is 1.52. The van der Waals surface area contributed by atoms with Crippen LogP contribution in [0.2, 0.25) is 0 Å². The first-order valence-electron chi connectivity index (χ1n) is 14.4. The van der Waals surface area contributed by atoms with Crippen molar-refractivity contribution in [3.05, 3.63) is 107 Å². The number of carbonyl (C=O) groups is 2. The van der Waals surface area contributed by atoms with E-state index in [1.807, 2.05) is 91.2 Å². The van der Waals surface area contributed by atoms with E-state index in [-0.39, 0.29) is 11.3 Å². The molecule has 1 amide bonds. The Morgan fingerprint density at radius 3 is 2.41 bits per heavy atom. The average molecular weight is 552 g/mol. The van der Waals surface area contributed by atoms with Crippen molar-refractivity contribution in [2.45, 2.75) is 58.9 Å². The minimum atomic E-state index is -0.748.